The number of thiazole rings is 1. The van der Waals surface area contributed by atoms with Gasteiger partial charge >= 0.3 is 0 Å². The van der Waals surface area contributed by atoms with Crippen LogP contribution in [0, 0.1) is 19.3 Å². The monoisotopic (exact) mass is 579 g/mol. The first-order valence-electron chi connectivity index (χ1n) is 13.7. The van der Waals surface area contributed by atoms with Crippen LogP contribution >= 0.6 is 11.3 Å². The number of aromatic nitrogens is 1. The number of nitrogens with one attached hydrogen (secondary N) is 4. The Morgan fingerprint density at radius 3 is 2.32 bits per heavy atom. The molecule has 0 saturated heterocycles. The number of ether oxygens (including phenoxy) is 1. The van der Waals surface area contributed by atoms with Gasteiger partial charge in [0, 0.05) is 43.7 Å². The molecule has 1 aromatic heterocycles. The maximum atomic E-state index is 12.8. The third-order valence-corrected chi connectivity index (χ3v) is 7.80. The molecular weight excluding hydrogens is 538 g/mol. The zero-order valence-electron chi connectivity index (χ0n) is 24.9. The molecule has 0 saturated carbocycles. The lowest BCUT2D eigenvalue weighted by molar-refractivity contribution is -0.118. The highest BCUT2D eigenvalue weighted by Crippen LogP contribution is 2.27. The second-order valence-corrected chi connectivity index (χ2v) is 12.2. The molecule has 4 N–H and O–H groups in total. The fourth-order valence-corrected chi connectivity index (χ4v) is 4.48. The zero-order chi connectivity index (χ0) is 30.2. The molecule has 1 unspecified atom stereocenters. The van der Waals surface area contributed by atoms with Crippen molar-refractivity contribution in [1.29, 1.82) is 0 Å². The van der Waals surface area contributed by atoms with Crippen LogP contribution in [0.5, 0.6) is 5.06 Å². The highest BCUT2D eigenvalue weighted by molar-refractivity contribution is 7.17. The summed E-state index contributed by atoms with van der Waals surface area (Å²) in [5.41, 5.74) is 5.09. The van der Waals surface area contributed by atoms with Crippen LogP contribution in [-0.4, -0.2) is 41.8 Å². The average molecular weight is 580 g/mol. The highest BCUT2D eigenvalue weighted by atomic mass is 32.1. The summed E-state index contributed by atoms with van der Waals surface area (Å²) in [6.45, 7) is 15.7. The summed E-state index contributed by atoms with van der Waals surface area (Å²) in [7, 11) is 0. The first-order chi connectivity index (χ1) is 19.3. The second kappa shape index (κ2) is 14.2. The van der Waals surface area contributed by atoms with Crippen LogP contribution in [0.3, 0.4) is 0 Å². The molecule has 0 radical (unpaired) electrons. The number of aryl methyl sites for hydroxylation is 1. The molecular formula is C31H41N5O4S. The number of anilines is 1. The lowest BCUT2D eigenvalue weighted by atomic mass is 9.88. The Hall–Kier alpha value is -3.76. The van der Waals surface area contributed by atoms with Gasteiger partial charge in [-0.15, -0.1) is 0 Å². The topological polar surface area (TPSA) is 121 Å². The molecule has 3 rings (SSSR count). The van der Waals surface area contributed by atoms with Crippen molar-refractivity contribution in [2.45, 2.75) is 67.7 Å². The van der Waals surface area contributed by atoms with E-state index in [2.05, 4.69) is 53.9 Å². The maximum absolute atomic E-state index is 12.8. The van der Waals surface area contributed by atoms with E-state index in [1.54, 1.807) is 6.20 Å². The van der Waals surface area contributed by atoms with Crippen molar-refractivity contribution in [3.63, 3.8) is 0 Å². The number of hydrogen-bond donors (Lipinski definition) is 4. The minimum atomic E-state index is -0.239. The Morgan fingerprint density at radius 1 is 0.976 bits per heavy atom. The number of carbonyl (C=O) groups excluding carboxylic acids is 3. The van der Waals surface area contributed by atoms with E-state index in [9.17, 15) is 14.4 Å². The Bertz CT molecular complexity index is 1360. The maximum Gasteiger partial charge on any atom is 0.257 e. The summed E-state index contributed by atoms with van der Waals surface area (Å²) >= 11 is 1.24. The van der Waals surface area contributed by atoms with Gasteiger partial charge in [0.15, 0.2) is 10.2 Å². The normalized spacial score (nSPS) is 12.0. The first kappa shape index (κ1) is 31.8. The third-order valence-electron chi connectivity index (χ3n) is 6.97. The SMILES string of the molecule is CC(=O)NCCNC(=O)c1cc(COc2cnc(NC(=O)c3ccc(CNC(C)C(C)(C)C)cc3)s2)cc(C)c1C. The average Bonchev–Trinajstić information content (AvgIpc) is 3.36. The van der Waals surface area contributed by atoms with Crippen LogP contribution in [0.15, 0.2) is 42.6 Å². The van der Waals surface area contributed by atoms with Crippen LogP contribution < -0.4 is 26.0 Å². The molecule has 220 valence electrons. The van der Waals surface area contributed by atoms with Crippen molar-refractivity contribution in [3.05, 3.63) is 76.0 Å². The number of carbonyl (C=O) groups is 3. The van der Waals surface area contributed by atoms with E-state index in [-0.39, 0.29) is 29.7 Å². The Kier molecular flexibility index (Phi) is 11.0. The van der Waals surface area contributed by atoms with Crippen LogP contribution in [0.1, 0.15) is 77.6 Å². The fourth-order valence-electron chi connectivity index (χ4n) is 3.82. The quantitative estimate of drug-likeness (QED) is 0.225. The van der Waals surface area contributed by atoms with Gasteiger partial charge in [0.2, 0.25) is 5.91 Å². The molecule has 2 aromatic carbocycles. The summed E-state index contributed by atoms with van der Waals surface area (Å²) in [6.07, 6.45) is 1.57. The molecule has 0 aliphatic rings. The molecule has 3 aromatic rings. The highest BCUT2D eigenvalue weighted by Gasteiger charge is 2.19. The van der Waals surface area contributed by atoms with Gasteiger partial charge in [0.05, 0.1) is 6.20 Å². The minimum absolute atomic E-state index is 0.139. The van der Waals surface area contributed by atoms with Gasteiger partial charge in [-0.3, -0.25) is 19.7 Å². The van der Waals surface area contributed by atoms with Crippen LogP contribution in [0.2, 0.25) is 0 Å². The summed E-state index contributed by atoms with van der Waals surface area (Å²) < 4.78 is 5.92. The van der Waals surface area contributed by atoms with Crippen molar-refractivity contribution in [1.82, 2.24) is 20.9 Å². The van der Waals surface area contributed by atoms with E-state index in [0.29, 0.717) is 40.5 Å². The van der Waals surface area contributed by atoms with Crippen LogP contribution in [-0.2, 0) is 17.9 Å². The Labute approximate surface area is 246 Å². The largest absolute Gasteiger partial charge is 0.478 e. The third kappa shape index (κ3) is 9.68. The van der Waals surface area contributed by atoms with Gasteiger partial charge in [0.25, 0.3) is 11.8 Å². The number of benzene rings is 2. The number of nitrogens with zero attached hydrogens (tertiary/aromatic N) is 1. The number of rotatable bonds is 12. The molecule has 1 atom stereocenters. The smallest absolute Gasteiger partial charge is 0.257 e. The molecule has 0 aliphatic carbocycles. The predicted octanol–water partition coefficient (Wildman–Crippen LogP) is 4.98. The van der Waals surface area contributed by atoms with E-state index in [1.165, 1.54) is 18.3 Å². The van der Waals surface area contributed by atoms with Gasteiger partial charge in [-0.1, -0.05) is 50.3 Å². The lowest BCUT2D eigenvalue weighted by Crippen LogP contribution is -2.37. The summed E-state index contributed by atoms with van der Waals surface area (Å²) in [6, 6.07) is 11.7. The summed E-state index contributed by atoms with van der Waals surface area (Å²) in [4.78, 5) is 40.8. The van der Waals surface area contributed by atoms with Gasteiger partial charge in [-0.25, -0.2) is 4.98 Å². The molecule has 1 heterocycles. The molecule has 0 spiro atoms. The summed E-state index contributed by atoms with van der Waals surface area (Å²) in [5.74, 6) is -0.582. The molecule has 3 amide bonds. The van der Waals surface area contributed by atoms with Gasteiger partial charge in [-0.05, 0) is 66.6 Å². The zero-order valence-corrected chi connectivity index (χ0v) is 25.8. The van der Waals surface area contributed by atoms with Crippen LogP contribution in [0.4, 0.5) is 5.13 Å². The molecule has 41 heavy (non-hydrogen) atoms. The standard InChI is InChI=1S/C31H41N5O4S/c1-19-14-24(15-26(20(19)2)29(39)33-13-12-32-22(4)37)18-40-27-17-35-30(41-27)36-28(38)25-10-8-23(9-11-25)16-34-21(3)31(5,6)7/h8-11,14-15,17,21,34H,12-13,16,18H2,1-7H3,(H,32,37)(H,33,39)(H,35,36,38). The van der Waals surface area contributed by atoms with E-state index < -0.39 is 0 Å². The van der Waals surface area contributed by atoms with Crippen molar-refractivity contribution in [2.75, 3.05) is 18.4 Å². The van der Waals surface area contributed by atoms with Crippen LogP contribution in [0.25, 0.3) is 0 Å². The molecule has 0 aliphatic heterocycles. The number of hydrogen-bond acceptors (Lipinski definition) is 7. The fraction of sp³-hybridized carbons (Fsp3) is 0.419. The van der Waals surface area contributed by atoms with Crippen molar-refractivity contribution in [3.8, 4) is 5.06 Å². The number of amides is 3. The van der Waals surface area contributed by atoms with Crippen molar-refractivity contribution >= 4 is 34.2 Å². The molecule has 0 bridgehead atoms. The van der Waals surface area contributed by atoms with Gasteiger partial charge in [0.1, 0.15) is 6.61 Å². The van der Waals surface area contributed by atoms with Gasteiger partial charge < -0.3 is 20.7 Å². The summed E-state index contributed by atoms with van der Waals surface area (Å²) in [5, 5.41) is 12.8. The first-order valence-corrected chi connectivity index (χ1v) is 14.5. The van der Waals surface area contributed by atoms with E-state index in [4.69, 9.17) is 4.74 Å². The Morgan fingerprint density at radius 2 is 1.66 bits per heavy atom. The molecule has 9 nitrogen and oxygen atoms in total. The Balaban J connectivity index is 1.54. The lowest BCUT2D eigenvalue weighted by Gasteiger charge is -2.28. The second-order valence-electron chi connectivity index (χ2n) is 11.2. The van der Waals surface area contributed by atoms with E-state index in [0.717, 1.165) is 28.8 Å². The van der Waals surface area contributed by atoms with E-state index in [1.807, 2.05) is 50.2 Å². The van der Waals surface area contributed by atoms with E-state index >= 15 is 0 Å². The minimum Gasteiger partial charge on any atom is -0.478 e. The van der Waals surface area contributed by atoms with Gasteiger partial charge in [-0.2, -0.15) is 0 Å². The van der Waals surface area contributed by atoms with Crippen molar-refractivity contribution < 1.29 is 19.1 Å². The molecule has 10 heteroatoms. The molecule has 0 fully saturated rings. The van der Waals surface area contributed by atoms with Crippen molar-refractivity contribution in [2.24, 2.45) is 5.41 Å². The predicted molar refractivity (Wildman–Crippen MR) is 164 cm³/mol.